The number of hydrogen-bond acceptors (Lipinski definition) is 3. The summed E-state index contributed by atoms with van der Waals surface area (Å²) in [5.41, 5.74) is 0.368. The van der Waals surface area contributed by atoms with Crippen LogP contribution in [-0.4, -0.2) is 30.3 Å². The second-order valence-corrected chi connectivity index (χ2v) is 5.14. The van der Waals surface area contributed by atoms with Crippen molar-refractivity contribution in [2.75, 3.05) is 18.9 Å². The van der Waals surface area contributed by atoms with E-state index in [4.69, 9.17) is 0 Å². The summed E-state index contributed by atoms with van der Waals surface area (Å²) in [5, 5.41) is 4.34. The number of carbonyl (C=O) groups excluding carboxylic acids is 2. The number of nitrogens with one attached hydrogen (secondary N) is 1. The smallest absolute Gasteiger partial charge is 0.264 e. The molecule has 0 unspecified atom stereocenters. The topological polar surface area (TPSA) is 49.4 Å². The molecule has 0 spiro atoms. The molecule has 0 aliphatic heterocycles. The number of hydrogen-bond donors (Lipinski definition) is 1. The molecule has 1 aromatic carbocycles. The summed E-state index contributed by atoms with van der Waals surface area (Å²) in [4.78, 5) is 25.6. The first-order chi connectivity index (χ1) is 9.56. The van der Waals surface area contributed by atoms with Crippen molar-refractivity contribution >= 4 is 28.8 Å². The number of anilines is 1. The normalized spacial score (nSPS) is 10.1. The summed E-state index contributed by atoms with van der Waals surface area (Å²) in [7, 11) is 1.55. The fraction of sp³-hybridized carbons (Fsp3) is 0.143. The molecule has 1 aromatic heterocycles. The molecule has 0 atom stereocenters. The number of halogens is 1. The lowest BCUT2D eigenvalue weighted by Gasteiger charge is -2.15. The maximum absolute atomic E-state index is 13.0. The monoisotopic (exact) mass is 292 g/mol. The highest BCUT2D eigenvalue weighted by Crippen LogP contribution is 2.12. The zero-order chi connectivity index (χ0) is 14.5. The quantitative estimate of drug-likeness (QED) is 0.941. The zero-order valence-corrected chi connectivity index (χ0v) is 11.6. The van der Waals surface area contributed by atoms with E-state index in [2.05, 4.69) is 5.32 Å². The van der Waals surface area contributed by atoms with Crippen LogP contribution in [-0.2, 0) is 4.79 Å². The number of benzene rings is 1. The largest absolute Gasteiger partial charge is 0.332 e. The lowest BCUT2D eigenvalue weighted by Crippen LogP contribution is -2.34. The zero-order valence-electron chi connectivity index (χ0n) is 10.8. The van der Waals surface area contributed by atoms with Crippen LogP contribution in [0.2, 0.25) is 0 Å². The molecule has 0 fully saturated rings. The van der Waals surface area contributed by atoms with Gasteiger partial charge in [0, 0.05) is 12.7 Å². The first kappa shape index (κ1) is 14.2. The van der Waals surface area contributed by atoms with Crippen molar-refractivity contribution in [3.8, 4) is 0 Å². The Kier molecular flexibility index (Phi) is 4.47. The van der Waals surface area contributed by atoms with E-state index in [1.165, 1.54) is 34.4 Å². The van der Waals surface area contributed by atoms with Crippen LogP contribution in [0.5, 0.6) is 0 Å². The van der Waals surface area contributed by atoms with Crippen molar-refractivity contribution in [3.05, 3.63) is 52.5 Å². The summed E-state index contributed by atoms with van der Waals surface area (Å²) in [6.45, 7) is -0.0900. The van der Waals surface area contributed by atoms with Gasteiger partial charge in [0.25, 0.3) is 5.91 Å². The van der Waals surface area contributed by atoms with E-state index in [0.717, 1.165) is 0 Å². The molecule has 0 aliphatic rings. The minimum Gasteiger partial charge on any atom is -0.332 e. The van der Waals surface area contributed by atoms with Crippen molar-refractivity contribution in [2.24, 2.45) is 0 Å². The van der Waals surface area contributed by atoms with Crippen molar-refractivity contribution in [3.63, 3.8) is 0 Å². The molecular weight excluding hydrogens is 279 g/mol. The van der Waals surface area contributed by atoms with E-state index < -0.39 is 5.82 Å². The SMILES string of the molecule is CN(CC(=O)Nc1cccc(F)c1)C(=O)c1cccs1. The average molecular weight is 292 g/mol. The van der Waals surface area contributed by atoms with E-state index in [-0.39, 0.29) is 18.4 Å². The molecule has 104 valence electrons. The van der Waals surface area contributed by atoms with Crippen molar-refractivity contribution in [1.29, 1.82) is 0 Å². The first-order valence-electron chi connectivity index (χ1n) is 5.90. The van der Waals surface area contributed by atoms with Gasteiger partial charge in [-0.15, -0.1) is 11.3 Å². The molecule has 0 bridgehead atoms. The Labute approximate surface area is 119 Å². The van der Waals surface area contributed by atoms with Crippen molar-refractivity contribution in [1.82, 2.24) is 4.90 Å². The van der Waals surface area contributed by atoms with Crippen LogP contribution in [0.4, 0.5) is 10.1 Å². The number of amides is 2. The third-order valence-electron chi connectivity index (χ3n) is 2.57. The Morgan fingerprint density at radius 1 is 1.30 bits per heavy atom. The minimum atomic E-state index is -0.425. The summed E-state index contributed by atoms with van der Waals surface area (Å²) < 4.78 is 13.0. The van der Waals surface area contributed by atoms with Gasteiger partial charge < -0.3 is 10.2 Å². The first-order valence-corrected chi connectivity index (χ1v) is 6.78. The average Bonchev–Trinajstić information content (AvgIpc) is 2.91. The molecular formula is C14H13FN2O2S. The maximum Gasteiger partial charge on any atom is 0.264 e. The van der Waals surface area contributed by atoms with Crippen LogP contribution >= 0.6 is 11.3 Å². The van der Waals surface area contributed by atoms with Gasteiger partial charge in [-0.3, -0.25) is 9.59 Å². The molecule has 0 aliphatic carbocycles. The van der Waals surface area contributed by atoms with Crippen LogP contribution in [0.15, 0.2) is 41.8 Å². The van der Waals surface area contributed by atoms with Gasteiger partial charge in [-0.2, -0.15) is 0 Å². The summed E-state index contributed by atoms with van der Waals surface area (Å²) in [6, 6.07) is 9.08. The minimum absolute atomic E-state index is 0.0900. The fourth-order valence-corrected chi connectivity index (χ4v) is 2.36. The number of likely N-dealkylation sites (N-methyl/N-ethyl adjacent to an activating group) is 1. The number of rotatable bonds is 4. The van der Waals surface area contributed by atoms with Crippen LogP contribution < -0.4 is 5.32 Å². The maximum atomic E-state index is 13.0. The Balaban J connectivity index is 1.93. The van der Waals surface area contributed by atoms with Gasteiger partial charge in [-0.1, -0.05) is 12.1 Å². The van der Waals surface area contributed by atoms with Crippen LogP contribution in [0.25, 0.3) is 0 Å². The number of thiophene rings is 1. The Bertz CT molecular complexity index is 613. The van der Waals surface area contributed by atoms with Gasteiger partial charge in [0.05, 0.1) is 11.4 Å². The summed E-state index contributed by atoms with van der Waals surface area (Å²) in [5.74, 6) is -1.01. The van der Waals surface area contributed by atoms with E-state index in [1.54, 1.807) is 30.6 Å². The second-order valence-electron chi connectivity index (χ2n) is 4.20. The molecule has 1 N–H and O–H groups in total. The van der Waals surface area contributed by atoms with Gasteiger partial charge in [-0.05, 0) is 29.6 Å². The van der Waals surface area contributed by atoms with E-state index in [1.807, 2.05) is 0 Å². The predicted molar refractivity (Wildman–Crippen MR) is 76.3 cm³/mol. The van der Waals surface area contributed by atoms with Crippen molar-refractivity contribution in [2.45, 2.75) is 0 Å². The third-order valence-corrected chi connectivity index (χ3v) is 3.43. The summed E-state index contributed by atoms with van der Waals surface area (Å²) >= 11 is 1.32. The van der Waals surface area contributed by atoms with Gasteiger partial charge in [-0.25, -0.2) is 4.39 Å². The molecule has 20 heavy (non-hydrogen) atoms. The lowest BCUT2D eigenvalue weighted by atomic mass is 10.3. The fourth-order valence-electron chi connectivity index (χ4n) is 1.64. The third kappa shape index (κ3) is 3.64. The molecule has 2 amide bonds. The lowest BCUT2D eigenvalue weighted by molar-refractivity contribution is -0.116. The molecule has 6 heteroatoms. The number of carbonyl (C=O) groups is 2. The van der Waals surface area contributed by atoms with E-state index >= 15 is 0 Å². The van der Waals surface area contributed by atoms with Gasteiger partial charge in [0.1, 0.15) is 5.82 Å². The predicted octanol–water partition coefficient (Wildman–Crippen LogP) is 2.60. The summed E-state index contributed by atoms with van der Waals surface area (Å²) in [6.07, 6.45) is 0. The Hall–Kier alpha value is -2.21. The highest BCUT2D eigenvalue weighted by molar-refractivity contribution is 7.12. The standard InChI is InChI=1S/C14H13FN2O2S/c1-17(14(19)12-6-3-7-20-12)9-13(18)16-11-5-2-4-10(15)8-11/h2-8H,9H2,1H3,(H,16,18). The van der Waals surface area contributed by atoms with E-state index in [0.29, 0.717) is 10.6 Å². The molecule has 2 aromatic rings. The molecule has 0 radical (unpaired) electrons. The second kappa shape index (κ2) is 6.29. The molecule has 2 rings (SSSR count). The molecule has 0 saturated carbocycles. The van der Waals surface area contributed by atoms with Gasteiger partial charge in [0.15, 0.2) is 0 Å². The van der Waals surface area contributed by atoms with Crippen LogP contribution in [0.3, 0.4) is 0 Å². The van der Waals surface area contributed by atoms with Crippen LogP contribution in [0.1, 0.15) is 9.67 Å². The molecule has 4 nitrogen and oxygen atoms in total. The Morgan fingerprint density at radius 3 is 2.75 bits per heavy atom. The molecule has 0 saturated heterocycles. The highest BCUT2D eigenvalue weighted by Gasteiger charge is 2.15. The Morgan fingerprint density at radius 2 is 2.10 bits per heavy atom. The number of nitrogens with zero attached hydrogens (tertiary/aromatic N) is 1. The highest BCUT2D eigenvalue weighted by atomic mass is 32.1. The van der Waals surface area contributed by atoms with Gasteiger partial charge in [0.2, 0.25) is 5.91 Å². The van der Waals surface area contributed by atoms with E-state index in [9.17, 15) is 14.0 Å². The van der Waals surface area contributed by atoms with Crippen molar-refractivity contribution < 1.29 is 14.0 Å². The molecule has 1 heterocycles. The van der Waals surface area contributed by atoms with Crippen LogP contribution in [0, 0.1) is 5.82 Å². The van der Waals surface area contributed by atoms with Gasteiger partial charge >= 0.3 is 0 Å².